The van der Waals surface area contributed by atoms with E-state index in [1.54, 1.807) is 0 Å². The van der Waals surface area contributed by atoms with Gasteiger partial charge in [0.25, 0.3) is 0 Å². The Labute approximate surface area is 130 Å². The molecule has 124 valence electrons. The summed E-state index contributed by atoms with van der Waals surface area (Å²) in [5.41, 5.74) is -0.559. The van der Waals surface area contributed by atoms with E-state index in [9.17, 15) is 4.79 Å². The highest BCUT2D eigenvalue weighted by atomic mass is 16.5. The van der Waals surface area contributed by atoms with Gasteiger partial charge in [-0.25, -0.2) is 0 Å². The molecule has 1 atom stereocenters. The number of hydrogen-bond acceptors (Lipinski definition) is 4. The molecular weight excluding hydrogens is 266 g/mol. The first kappa shape index (κ1) is 18.4. The van der Waals surface area contributed by atoms with Crippen LogP contribution in [0.1, 0.15) is 65.7 Å². The molecule has 0 amide bonds. The van der Waals surface area contributed by atoms with Gasteiger partial charge in [0.05, 0.1) is 6.61 Å². The molecule has 1 rings (SSSR count). The van der Waals surface area contributed by atoms with E-state index in [-0.39, 0.29) is 5.97 Å². The zero-order chi connectivity index (χ0) is 15.6. The Hall–Kier alpha value is -0.610. The van der Waals surface area contributed by atoms with Gasteiger partial charge in [0.1, 0.15) is 5.54 Å². The van der Waals surface area contributed by atoms with Crippen LogP contribution in [0.25, 0.3) is 0 Å². The van der Waals surface area contributed by atoms with Gasteiger partial charge in [-0.1, -0.05) is 26.2 Å². The molecule has 0 aliphatic heterocycles. The second-order valence-corrected chi connectivity index (χ2v) is 6.24. The smallest absolute Gasteiger partial charge is 0.326 e. The van der Waals surface area contributed by atoms with Crippen molar-refractivity contribution in [3.8, 4) is 0 Å². The molecule has 1 N–H and O–H groups in total. The molecule has 0 spiro atoms. The number of nitrogens with one attached hydrogen (secondary N) is 1. The first-order valence-corrected chi connectivity index (χ1v) is 8.62. The fraction of sp³-hybridized carbons (Fsp3) is 0.941. The Kier molecular flexibility index (Phi) is 8.93. The highest BCUT2D eigenvalue weighted by Crippen LogP contribution is 2.29. The summed E-state index contributed by atoms with van der Waals surface area (Å²) in [4.78, 5) is 12.0. The highest BCUT2D eigenvalue weighted by Gasteiger charge is 2.32. The lowest BCUT2D eigenvalue weighted by Gasteiger charge is -2.28. The van der Waals surface area contributed by atoms with Crippen LogP contribution in [-0.4, -0.2) is 37.9 Å². The lowest BCUT2D eigenvalue weighted by atomic mass is 9.83. The van der Waals surface area contributed by atoms with Gasteiger partial charge in [-0.05, 0) is 52.0 Å². The second kappa shape index (κ2) is 10.2. The number of ether oxygens (including phenoxy) is 2. The third-order valence-electron chi connectivity index (χ3n) is 4.40. The molecular formula is C17H33NO3. The fourth-order valence-corrected chi connectivity index (χ4v) is 2.76. The van der Waals surface area contributed by atoms with Gasteiger partial charge < -0.3 is 14.8 Å². The first-order valence-electron chi connectivity index (χ1n) is 8.62. The van der Waals surface area contributed by atoms with Crippen LogP contribution in [-0.2, 0) is 14.3 Å². The summed E-state index contributed by atoms with van der Waals surface area (Å²) in [6.07, 6.45) is 8.19. The van der Waals surface area contributed by atoms with E-state index < -0.39 is 5.54 Å². The van der Waals surface area contributed by atoms with Gasteiger partial charge in [-0.3, -0.25) is 4.79 Å². The van der Waals surface area contributed by atoms with E-state index in [2.05, 4.69) is 5.32 Å². The van der Waals surface area contributed by atoms with Gasteiger partial charge in [0, 0.05) is 13.2 Å². The number of carbonyl (C=O) groups is 1. The number of carbonyl (C=O) groups excluding carboxylic acids is 1. The van der Waals surface area contributed by atoms with Crippen LogP contribution in [0.15, 0.2) is 0 Å². The van der Waals surface area contributed by atoms with Gasteiger partial charge in [-0.15, -0.1) is 0 Å². The normalized spacial score (nSPS) is 18.0. The molecule has 21 heavy (non-hydrogen) atoms. The molecule has 1 aliphatic carbocycles. The Bertz CT molecular complexity index is 292. The summed E-state index contributed by atoms with van der Waals surface area (Å²) < 4.78 is 10.9. The SMILES string of the molecule is CCNC(C)(CCCCOCCC1CCC1)C(=O)OCC. The summed E-state index contributed by atoms with van der Waals surface area (Å²) in [6.45, 7) is 8.70. The van der Waals surface area contributed by atoms with Crippen molar-refractivity contribution in [1.29, 1.82) is 0 Å². The zero-order valence-electron chi connectivity index (χ0n) is 14.1. The molecule has 4 heteroatoms. The number of likely N-dealkylation sites (N-methyl/N-ethyl adjacent to an activating group) is 1. The number of rotatable bonds is 12. The van der Waals surface area contributed by atoms with Crippen LogP contribution in [0.2, 0.25) is 0 Å². The molecule has 1 saturated carbocycles. The Balaban J connectivity index is 2.10. The van der Waals surface area contributed by atoms with Crippen molar-refractivity contribution in [3.05, 3.63) is 0 Å². The maximum absolute atomic E-state index is 12.0. The van der Waals surface area contributed by atoms with Crippen LogP contribution < -0.4 is 5.32 Å². The highest BCUT2D eigenvalue weighted by molar-refractivity contribution is 5.80. The standard InChI is InChI=1S/C17H33NO3/c1-4-18-17(3,16(19)21-5-2)12-6-7-13-20-14-11-15-9-8-10-15/h15,18H,4-14H2,1-3H3. The predicted molar refractivity (Wildman–Crippen MR) is 85.3 cm³/mol. The molecule has 1 aliphatic rings. The molecule has 0 saturated heterocycles. The third kappa shape index (κ3) is 6.79. The quantitative estimate of drug-likeness (QED) is 0.444. The van der Waals surface area contributed by atoms with Crippen molar-refractivity contribution in [1.82, 2.24) is 5.32 Å². The van der Waals surface area contributed by atoms with Crippen LogP contribution in [0.4, 0.5) is 0 Å². The molecule has 4 nitrogen and oxygen atoms in total. The minimum atomic E-state index is -0.559. The Morgan fingerprint density at radius 2 is 2.00 bits per heavy atom. The van der Waals surface area contributed by atoms with Crippen LogP contribution in [0.3, 0.4) is 0 Å². The van der Waals surface area contributed by atoms with E-state index in [0.717, 1.165) is 44.9 Å². The number of hydrogen-bond donors (Lipinski definition) is 1. The van der Waals surface area contributed by atoms with Gasteiger partial charge >= 0.3 is 5.97 Å². The van der Waals surface area contributed by atoms with Crippen molar-refractivity contribution in [3.63, 3.8) is 0 Å². The van der Waals surface area contributed by atoms with Crippen molar-refractivity contribution in [2.45, 2.75) is 71.3 Å². The van der Waals surface area contributed by atoms with Crippen LogP contribution >= 0.6 is 0 Å². The second-order valence-electron chi connectivity index (χ2n) is 6.24. The van der Waals surface area contributed by atoms with Gasteiger partial charge in [0.15, 0.2) is 0 Å². The Morgan fingerprint density at radius 3 is 2.57 bits per heavy atom. The monoisotopic (exact) mass is 299 g/mol. The van der Waals surface area contributed by atoms with E-state index >= 15 is 0 Å². The Morgan fingerprint density at radius 1 is 1.24 bits per heavy atom. The molecule has 1 unspecified atom stereocenters. The van der Waals surface area contributed by atoms with Crippen molar-refractivity contribution < 1.29 is 14.3 Å². The molecule has 0 heterocycles. The summed E-state index contributed by atoms with van der Waals surface area (Å²) in [6, 6.07) is 0. The van der Waals surface area contributed by atoms with E-state index in [1.165, 1.54) is 25.7 Å². The van der Waals surface area contributed by atoms with Crippen molar-refractivity contribution in [2.75, 3.05) is 26.4 Å². The predicted octanol–water partition coefficient (Wildman–Crippen LogP) is 3.29. The third-order valence-corrected chi connectivity index (χ3v) is 4.40. The average molecular weight is 299 g/mol. The minimum Gasteiger partial charge on any atom is -0.465 e. The topological polar surface area (TPSA) is 47.6 Å². The minimum absolute atomic E-state index is 0.141. The number of unbranched alkanes of at least 4 members (excludes halogenated alkanes) is 1. The summed E-state index contributed by atoms with van der Waals surface area (Å²) in [7, 11) is 0. The average Bonchev–Trinajstić information content (AvgIpc) is 2.40. The first-order chi connectivity index (χ1) is 10.1. The van der Waals surface area contributed by atoms with Gasteiger partial charge in [0.2, 0.25) is 0 Å². The maximum atomic E-state index is 12.0. The van der Waals surface area contributed by atoms with E-state index in [0.29, 0.717) is 6.61 Å². The molecule has 0 bridgehead atoms. The fourth-order valence-electron chi connectivity index (χ4n) is 2.76. The molecule has 0 aromatic heterocycles. The number of esters is 1. The maximum Gasteiger partial charge on any atom is 0.326 e. The van der Waals surface area contributed by atoms with Gasteiger partial charge in [-0.2, -0.15) is 0 Å². The van der Waals surface area contributed by atoms with Crippen molar-refractivity contribution in [2.24, 2.45) is 5.92 Å². The van der Waals surface area contributed by atoms with Crippen molar-refractivity contribution >= 4 is 5.97 Å². The van der Waals surface area contributed by atoms with E-state index in [1.807, 2.05) is 20.8 Å². The summed E-state index contributed by atoms with van der Waals surface area (Å²) >= 11 is 0. The van der Waals surface area contributed by atoms with Crippen LogP contribution in [0.5, 0.6) is 0 Å². The molecule has 1 fully saturated rings. The van der Waals surface area contributed by atoms with E-state index in [4.69, 9.17) is 9.47 Å². The lowest BCUT2D eigenvalue weighted by molar-refractivity contribution is -0.150. The van der Waals surface area contributed by atoms with Crippen LogP contribution in [0, 0.1) is 5.92 Å². The molecule has 0 aromatic rings. The molecule has 0 radical (unpaired) electrons. The summed E-state index contributed by atoms with van der Waals surface area (Å²) in [5, 5.41) is 3.26. The zero-order valence-corrected chi connectivity index (χ0v) is 14.1. The largest absolute Gasteiger partial charge is 0.465 e. The lowest BCUT2D eigenvalue weighted by Crippen LogP contribution is -2.50. The molecule has 0 aromatic carbocycles. The summed E-state index contributed by atoms with van der Waals surface area (Å²) in [5.74, 6) is 0.781.